The fraction of sp³-hybridized carbons (Fsp3) is 0.0455. The normalized spacial score (nSPS) is 16.9. The Kier molecular flexibility index (Phi) is 6.24. The van der Waals surface area contributed by atoms with Crippen LogP contribution in [0.1, 0.15) is 11.5 Å². The van der Waals surface area contributed by atoms with Gasteiger partial charge < -0.3 is 4.90 Å². The zero-order valence-electron chi connectivity index (χ0n) is 26.0. The molecule has 2 aromatic heterocycles. The zero-order chi connectivity index (χ0) is 31.6. The number of hydrogen-bond acceptors (Lipinski definition) is 4. The van der Waals surface area contributed by atoms with Gasteiger partial charge in [-0.15, -0.1) is 0 Å². The second-order valence-electron chi connectivity index (χ2n) is 12.5. The molecule has 2 unspecified atom stereocenters. The van der Waals surface area contributed by atoms with Crippen molar-refractivity contribution in [3.63, 3.8) is 0 Å². The molecule has 2 aliphatic heterocycles. The molecule has 0 fully saturated rings. The van der Waals surface area contributed by atoms with Gasteiger partial charge in [-0.2, -0.15) is 0 Å². The average molecular weight is 632 g/mol. The Morgan fingerprint density at radius 1 is 0.521 bits per heavy atom. The number of pyridine rings is 2. The predicted octanol–water partition coefficient (Wildman–Crippen LogP) is 11.5. The van der Waals surface area contributed by atoms with Crippen molar-refractivity contribution in [2.24, 2.45) is 0 Å². The number of allylic oxidation sites excluding steroid dienone is 2. The van der Waals surface area contributed by atoms with Gasteiger partial charge in [0.05, 0.1) is 23.1 Å². The van der Waals surface area contributed by atoms with Crippen molar-refractivity contribution in [3.05, 3.63) is 169 Å². The SMILES string of the molecule is C1=CC2c3c(ccc4c3-c3ccccc3Sc3ccccc3-4)N(c3cc(-c4ccccc4)nc4nc(-c5ccccc5)ccc34)C2C=C1. The molecular weight excluding hydrogens is 603 g/mol. The van der Waals surface area contributed by atoms with Crippen LogP contribution in [0.5, 0.6) is 0 Å². The minimum atomic E-state index is 0.109. The number of rotatable bonds is 3. The van der Waals surface area contributed by atoms with Crippen LogP contribution in [0.25, 0.3) is 55.8 Å². The number of benzene rings is 5. The highest BCUT2D eigenvalue weighted by Crippen LogP contribution is 2.58. The molecule has 1 aliphatic carbocycles. The van der Waals surface area contributed by atoms with Crippen molar-refractivity contribution < 1.29 is 0 Å². The Labute approximate surface area is 284 Å². The minimum Gasteiger partial charge on any atom is -0.333 e. The van der Waals surface area contributed by atoms with Crippen molar-refractivity contribution >= 4 is 34.2 Å². The summed E-state index contributed by atoms with van der Waals surface area (Å²) in [6.07, 6.45) is 9.17. The van der Waals surface area contributed by atoms with Crippen LogP contribution < -0.4 is 4.90 Å². The van der Waals surface area contributed by atoms with Crippen LogP contribution in [0.15, 0.2) is 174 Å². The Morgan fingerprint density at radius 2 is 1.17 bits per heavy atom. The number of anilines is 2. The van der Waals surface area contributed by atoms with E-state index in [0.717, 1.165) is 39.2 Å². The Bertz CT molecular complexity index is 2440. The van der Waals surface area contributed by atoms with Crippen molar-refractivity contribution in [3.8, 4) is 44.8 Å². The zero-order valence-corrected chi connectivity index (χ0v) is 26.8. The maximum Gasteiger partial charge on any atom is 0.162 e. The number of nitrogens with zero attached hydrogens (tertiary/aromatic N) is 3. The third-order valence-electron chi connectivity index (χ3n) is 9.82. The minimum absolute atomic E-state index is 0.109. The first-order chi connectivity index (χ1) is 23.8. The second kappa shape index (κ2) is 10.9. The topological polar surface area (TPSA) is 29.0 Å². The monoisotopic (exact) mass is 631 g/mol. The van der Waals surface area contributed by atoms with E-state index in [0.29, 0.717) is 0 Å². The first-order valence-corrected chi connectivity index (χ1v) is 17.2. The van der Waals surface area contributed by atoms with Crippen LogP contribution >= 0.6 is 11.8 Å². The standard InChI is InChI=1S/C44H29N3S/c1-3-13-28(14-4-1)35-25-23-33-39(27-36(46-44(33)45-35)29-15-5-2-6-16-29)47-37-20-10-7-18-32(37)43-38(47)26-24-31-30-17-8-11-21-40(30)48-41-22-12-9-19-34(41)42(31)43/h1-27,32,37H. The van der Waals surface area contributed by atoms with Crippen molar-refractivity contribution in [2.75, 3.05) is 4.90 Å². The van der Waals surface area contributed by atoms with Gasteiger partial charge in [-0.3, -0.25) is 0 Å². The van der Waals surface area contributed by atoms with E-state index in [2.05, 4.69) is 163 Å². The fourth-order valence-electron chi connectivity index (χ4n) is 7.70. The highest BCUT2D eigenvalue weighted by Gasteiger charge is 2.41. The quantitative estimate of drug-likeness (QED) is 0.194. The molecular formula is C44H29N3S. The summed E-state index contributed by atoms with van der Waals surface area (Å²) >= 11 is 1.87. The van der Waals surface area contributed by atoms with Crippen LogP contribution in [0, 0.1) is 0 Å². The van der Waals surface area contributed by atoms with Crippen LogP contribution in [-0.4, -0.2) is 16.0 Å². The summed E-state index contributed by atoms with van der Waals surface area (Å²) in [5, 5.41) is 1.04. The van der Waals surface area contributed by atoms with E-state index < -0.39 is 0 Å². The van der Waals surface area contributed by atoms with E-state index in [4.69, 9.17) is 9.97 Å². The maximum absolute atomic E-state index is 5.19. The van der Waals surface area contributed by atoms with Gasteiger partial charge >= 0.3 is 0 Å². The summed E-state index contributed by atoms with van der Waals surface area (Å²) in [6.45, 7) is 0. The molecule has 0 radical (unpaired) electrons. The smallest absolute Gasteiger partial charge is 0.162 e. The molecule has 5 aromatic carbocycles. The molecule has 4 heterocycles. The van der Waals surface area contributed by atoms with Crippen LogP contribution in [0.4, 0.5) is 11.4 Å². The van der Waals surface area contributed by atoms with Gasteiger partial charge in [-0.1, -0.05) is 139 Å². The molecule has 0 saturated carbocycles. The molecule has 10 rings (SSSR count). The first-order valence-electron chi connectivity index (χ1n) is 16.4. The third-order valence-corrected chi connectivity index (χ3v) is 11.0. The Hall–Kier alpha value is -5.71. The molecule has 0 saturated heterocycles. The van der Waals surface area contributed by atoms with E-state index in [9.17, 15) is 0 Å². The van der Waals surface area contributed by atoms with E-state index >= 15 is 0 Å². The highest BCUT2D eigenvalue weighted by molar-refractivity contribution is 7.99. The van der Waals surface area contributed by atoms with Crippen LogP contribution in [0.3, 0.4) is 0 Å². The van der Waals surface area contributed by atoms with Crippen LogP contribution in [-0.2, 0) is 0 Å². The summed E-state index contributed by atoms with van der Waals surface area (Å²) in [4.78, 5) is 15.5. The predicted molar refractivity (Wildman–Crippen MR) is 199 cm³/mol. The third kappa shape index (κ3) is 4.23. The molecule has 4 heteroatoms. The maximum atomic E-state index is 5.19. The second-order valence-corrected chi connectivity index (χ2v) is 13.6. The van der Waals surface area contributed by atoms with Gasteiger partial charge in [0.25, 0.3) is 0 Å². The lowest BCUT2D eigenvalue weighted by molar-refractivity contribution is 0.746. The molecule has 0 amide bonds. The number of aromatic nitrogens is 2. The molecule has 48 heavy (non-hydrogen) atoms. The lowest BCUT2D eigenvalue weighted by atomic mass is 9.82. The van der Waals surface area contributed by atoms with E-state index in [1.807, 2.05) is 17.8 Å². The average Bonchev–Trinajstić information content (AvgIpc) is 3.41. The lowest BCUT2D eigenvalue weighted by Crippen LogP contribution is -2.28. The summed E-state index contributed by atoms with van der Waals surface area (Å²) < 4.78 is 0. The summed E-state index contributed by atoms with van der Waals surface area (Å²) in [5.41, 5.74) is 13.7. The number of fused-ring (bicyclic) bond motifs is 10. The molecule has 226 valence electrons. The van der Waals surface area contributed by atoms with Crippen molar-refractivity contribution in [2.45, 2.75) is 21.8 Å². The molecule has 0 spiro atoms. The molecule has 3 nitrogen and oxygen atoms in total. The van der Waals surface area contributed by atoms with Gasteiger partial charge in [0, 0.05) is 37.9 Å². The van der Waals surface area contributed by atoms with E-state index in [1.165, 1.54) is 43.3 Å². The highest BCUT2D eigenvalue weighted by atomic mass is 32.2. The summed E-state index contributed by atoms with van der Waals surface area (Å²) in [7, 11) is 0. The van der Waals surface area contributed by atoms with Crippen molar-refractivity contribution in [1.82, 2.24) is 9.97 Å². The van der Waals surface area contributed by atoms with Gasteiger partial charge in [-0.05, 0) is 64.2 Å². The summed E-state index contributed by atoms with van der Waals surface area (Å²) in [6, 6.07) is 50.0. The fourth-order valence-corrected chi connectivity index (χ4v) is 8.80. The molecule has 0 bridgehead atoms. The van der Waals surface area contributed by atoms with Crippen LogP contribution in [0.2, 0.25) is 0 Å². The first kappa shape index (κ1) is 27.4. The Morgan fingerprint density at radius 3 is 1.96 bits per heavy atom. The van der Waals surface area contributed by atoms with E-state index in [1.54, 1.807) is 0 Å². The molecule has 7 aromatic rings. The molecule has 2 atom stereocenters. The van der Waals surface area contributed by atoms with Gasteiger partial charge in [0.15, 0.2) is 5.65 Å². The van der Waals surface area contributed by atoms with Crippen molar-refractivity contribution in [1.29, 1.82) is 0 Å². The molecule has 0 N–H and O–H groups in total. The van der Waals surface area contributed by atoms with Gasteiger partial charge in [0.1, 0.15) is 0 Å². The largest absolute Gasteiger partial charge is 0.333 e. The van der Waals surface area contributed by atoms with Gasteiger partial charge in [-0.25, -0.2) is 9.97 Å². The lowest BCUT2D eigenvalue weighted by Gasteiger charge is -2.30. The van der Waals surface area contributed by atoms with E-state index in [-0.39, 0.29) is 12.0 Å². The summed E-state index contributed by atoms with van der Waals surface area (Å²) in [5.74, 6) is 0.184. The number of hydrogen-bond donors (Lipinski definition) is 0. The van der Waals surface area contributed by atoms with Gasteiger partial charge in [0.2, 0.25) is 0 Å². The molecule has 3 aliphatic rings. The Balaban J connectivity index is 1.26.